The van der Waals surface area contributed by atoms with Crippen LogP contribution < -0.4 is 5.73 Å². The Morgan fingerprint density at radius 3 is 2.88 bits per heavy atom. The molecular formula is C13H15NS2. The van der Waals surface area contributed by atoms with E-state index < -0.39 is 0 Å². The maximum atomic E-state index is 6.11. The van der Waals surface area contributed by atoms with Crippen LogP contribution in [0.1, 0.15) is 16.5 Å². The molecular weight excluding hydrogens is 234 g/mol. The molecule has 0 spiro atoms. The largest absolute Gasteiger partial charge is 0.323 e. The molecule has 0 aliphatic carbocycles. The number of hydrogen-bond donors (Lipinski definition) is 1. The van der Waals surface area contributed by atoms with Gasteiger partial charge in [0.05, 0.1) is 0 Å². The van der Waals surface area contributed by atoms with E-state index in [4.69, 9.17) is 5.73 Å². The molecule has 3 heteroatoms. The summed E-state index contributed by atoms with van der Waals surface area (Å²) in [5, 5.41) is 2.08. The second kappa shape index (κ2) is 5.53. The van der Waals surface area contributed by atoms with Gasteiger partial charge in [0, 0.05) is 21.6 Å². The highest BCUT2D eigenvalue weighted by molar-refractivity contribution is 7.99. The summed E-state index contributed by atoms with van der Waals surface area (Å²) < 4.78 is 0. The van der Waals surface area contributed by atoms with E-state index >= 15 is 0 Å². The fourth-order valence-corrected chi connectivity index (χ4v) is 3.31. The van der Waals surface area contributed by atoms with Crippen molar-refractivity contribution in [1.29, 1.82) is 0 Å². The van der Waals surface area contributed by atoms with Gasteiger partial charge in [0.15, 0.2) is 0 Å². The summed E-state index contributed by atoms with van der Waals surface area (Å²) in [4.78, 5) is 2.56. The van der Waals surface area contributed by atoms with Gasteiger partial charge in [0.25, 0.3) is 0 Å². The fourth-order valence-electron chi connectivity index (χ4n) is 1.48. The summed E-state index contributed by atoms with van der Waals surface area (Å²) in [7, 11) is 0. The molecule has 0 aliphatic heterocycles. The number of thioether (sulfide) groups is 1. The number of nitrogens with two attached hydrogens (primary N) is 1. The number of benzene rings is 1. The van der Waals surface area contributed by atoms with Crippen LogP contribution in [0.4, 0.5) is 0 Å². The van der Waals surface area contributed by atoms with Gasteiger partial charge in [-0.15, -0.1) is 23.1 Å². The molecule has 16 heavy (non-hydrogen) atoms. The summed E-state index contributed by atoms with van der Waals surface area (Å²) in [6.45, 7) is 2.11. The van der Waals surface area contributed by atoms with Gasteiger partial charge < -0.3 is 5.73 Å². The third kappa shape index (κ3) is 3.11. The third-order valence-corrected chi connectivity index (χ3v) is 4.44. The monoisotopic (exact) mass is 249 g/mol. The Kier molecular flexibility index (Phi) is 4.04. The molecule has 84 valence electrons. The van der Waals surface area contributed by atoms with Crippen LogP contribution >= 0.6 is 23.1 Å². The number of rotatable bonds is 4. The predicted octanol–water partition coefficient (Wildman–Crippen LogP) is 3.85. The first-order chi connectivity index (χ1) is 7.75. The lowest BCUT2D eigenvalue weighted by Crippen LogP contribution is -2.11. The van der Waals surface area contributed by atoms with Gasteiger partial charge in [-0.25, -0.2) is 0 Å². The summed E-state index contributed by atoms with van der Waals surface area (Å²) in [6, 6.07) is 12.8. The lowest BCUT2D eigenvalue weighted by molar-refractivity contribution is 0.852. The van der Waals surface area contributed by atoms with Crippen LogP contribution in [0.5, 0.6) is 0 Å². The molecule has 1 unspecified atom stereocenters. The summed E-state index contributed by atoms with van der Waals surface area (Å²) >= 11 is 3.55. The highest BCUT2D eigenvalue weighted by Crippen LogP contribution is 2.25. The molecule has 1 aromatic heterocycles. The molecule has 0 aliphatic rings. The topological polar surface area (TPSA) is 26.0 Å². The quantitative estimate of drug-likeness (QED) is 0.833. The zero-order valence-electron chi connectivity index (χ0n) is 9.22. The van der Waals surface area contributed by atoms with Gasteiger partial charge >= 0.3 is 0 Å². The van der Waals surface area contributed by atoms with Crippen molar-refractivity contribution in [2.24, 2.45) is 5.73 Å². The van der Waals surface area contributed by atoms with Crippen molar-refractivity contribution in [3.05, 3.63) is 52.2 Å². The van der Waals surface area contributed by atoms with Crippen LogP contribution in [0.2, 0.25) is 0 Å². The van der Waals surface area contributed by atoms with Crippen molar-refractivity contribution in [1.82, 2.24) is 0 Å². The molecule has 0 saturated carbocycles. The van der Waals surface area contributed by atoms with E-state index in [0.29, 0.717) is 0 Å². The first-order valence-electron chi connectivity index (χ1n) is 5.24. The molecule has 1 nitrogen and oxygen atoms in total. The van der Waals surface area contributed by atoms with E-state index in [1.807, 2.05) is 11.8 Å². The molecule has 0 radical (unpaired) electrons. The fraction of sp³-hybridized carbons (Fsp3) is 0.231. The molecule has 0 fully saturated rings. The van der Waals surface area contributed by atoms with Crippen molar-refractivity contribution in [2.75, 3.05) is 5.75 Å². The van der Waals surface area contributed by atoms with Crippen LogP contribution in [0.3, 0.4) is 0 Å². The SMILES string of the molecule is Cc1cccc(SCC(N)c2cccs2)c1. The van der Waals surface area contributed by atoms with Gasteiger partial charge in [-0.2, -0.15) is 0 Å². The Morgan fingerprint density at radius 2 is 2.19 bits per heavy atom. The van der Waals surface area contributed by atoms with Crippen LogP contribution in [0, 0.1) is 6.92 Å². The highest BCUT2D eigenvalue weighted by atomic mass is 32.2. The molecule has 1 atom stereocenters. The van der Waals surface area contributed by atoms with E-state index in [1.165, 1.54) is 15.3 Å². The van der Waals surface area contributed by atoms with Gasteiger partial charge in [0.2, 0.25) is 0 Å². The minimum Gasteiger partial charge on any atom is -0.323 e. The normalized spacial score (nSPS) is 12.6. The number of hydrogen-bond acceptors (Lipinski definition) is 3. The van der Waals surface area contributed by atoms with Gasteiger partial charge in [-0.3, -0.25) is 0 Å². The van der Waals surface area contributed by atoms with Gasteiger partial charge in [0.1, 0.15) is 0 Å². The van der Waals surface area contributed by atoms with Crippen LogP contribution in [0.25, 0.3) is 0 Å². The van der Waals surface area contributed by atoms with E-state index in [1.54, 1.807) is 11.3 Å². The Morgan fingerprint density at radius 1 is 1.31 bits per heavy atom. The van der Waals surface area contributed by atoms with Crippen molar-refractivity contribution in [3.8, 4) is 0 Å². The predicted molar refractivity (Wildman–Crippen MR) is 73.2 cm³/mol. The van der Waals surface area contributed by atoms with Gasteiger partial charge in [-0.05, 0) is 30.5 Å². The van der Waals surface area contributed by atoms with Crippen LogP contribution in [0.15, 0.2) is 46.7 Å². The zero-order valence-corrected chi connectivity index (χ0v) is 10.9. The van der Waals surface area contributed by atoms with Crippen LogP contribution in [-0.4, -0.2) is 5.75 Å². The van der Waals surface area contributed by atoms with E-state index in [2.05, 4.69) is 48.7 Å². The lowest BCUT2D eigenvalue weighted by atomic mass is 10.2. The zero-order chi connectivity index (χ0) is 11.4. The first-order valence-corrected chi connectivity index (χ1v) is 7.10. The molecule has 0 amide bonds. The van der Waals surface area contributed by atoms with Crippen molar-refractivity contribution < 1.29 is 0 Å². The van der Waals surface area contributed by atoms with Gasteiger partial charge in [-0.1, -0.05) is 23.8 Å². The van der Waals surface area contributed by atoms with E-state index in [9.17, 15) is 0 Å². The second-order valence-electron chi connectivity index (χ2n) is 3.75. The molecule has 2 rings (SSSR count). The average molecular weight is 249 g/mol. The van der Waals surface area contributed by atoms with Crippen molar-refractivity contribution in [2.45, 2.75) is 17.9 Å². The summed E-state index contributed by atoms with van der Waals surface area (Å²) in [6.07, 6.45) is 0. The average Bonchev–Trinajstić information content (AvgIpc) is 2.79. The Hall–Kier alpha value is -0.770. The summed E-state index contributed by atoms with van der Waals surface area (Å²) in [5.41, 5.74) is 7.42. The molecule has 1 heterocycles. The Labute approximate surface area is 105 Å². The Bertz CT molecular complexity index is 437. The van der Waals surface area contributed by atoms with E-state index in [-0.39, 0.29) is 6.04 Å². The molecule has 0 saturated heterocycles. The maximum absolute atomic E-state index is 6.11. The summed E-state index contributed by atoms with van der Waals surface area (Å²) in [5.74, 6) is 0.934. The number of aryl methyl sites for hydroxylation is 1. The van der Waals surface area contributed by atoms with Crippen molar-refractivity contribution >= 4 is 23.1 Å². The van der Waals surface area contributed by atoms with E-state index in [0.717, 1.165) is 5.75 Å². The minimum absolute atomic E-state index is 0.144. The van der Waals surface area contributed by atoms with Crippen molar-refractivity contribution in [3.63, 3.8) is 0 Å². The third-order valence-electron chi connectivity index (χ3n) is 2.33. The maximum Gasteiger partial charge on any atom is 0.0485 e. The standard InChI is InChI=1S/C13H15NS2/c1-10-4-2-5-11(8-10)16-9-12(14)13-6-3-7-15-13/h2-8,12H,9,14H2,1H3. The molecule has 1 aromatic carbocycles. The first kappa shape index (κ1) is 11.7. The number of thiophene rings is 1. The van der Waals surface area contributed by atoms with Crippen LogP contribution in [-0.2, 0) is 0 Å². The molecule has 2 N–H and O–H groups in total. The Balaban J connectivity index is 1.92. The highest BCUT2D eigenvalue weighted by Gasteiger charge is 2.07. The lowest BCUT2D eigenvalue weighted by Gasteiger charge is -2.09. The minimum atomic E-state index is 0.144. The second-order valence-corrected chi connectivity index (χ2v) is 5.82. The molecule has 2 aromatic rings. The molecule has 0 bridgehead atoms. The smallest absolute Gasteiger partial charge is 0.0485 e.